The molecule has 1 aliphatic rings. The Bertz CT molecular complexity index is 1310. The molecule has 0 spiro atoms. The molecule has 0 N–H and O–H groups in total. The monoisotopic (exact) mass is 454 g/mol. The van der Waals surface area contributed by atoms with E-state index in [0.717, 1.165) is 50.5 Å². The van der Waals surface area contributed by atoms with Gasteiger partial charge in [-0.15, -0.1) is 0 Å². The van der Waals surface area contributed by atoms with Gasteiger partial charge < -0.3 is 14.1 Å². The molecule has 0 amide bonds. The Morgan fingerprint density at radius 3 is 2.44 bits per heavy atom. The average Bonchev–Trinajstić information content (AvgIpc) is 2.88. The number of hydrogen-bond acceptors (Lipinski definition) is 5. The fourth-order valence-corrected chi connectivity index (χ4v) is 4.58. The van der Waals surface area contributed by atoms with Crippen LogP contribution in [0.2, 0.25) is 0 Å². The van der Waals surface area contributed by atoms with E-state index in [1.807, 2.05) is 42.5 Å². The summed E-state index contributed by atoms with van der Waals surface area (Å²) in [6, 6.07) is 25.3. The van der Waals surface area contributed by atoms with E-state index in [2.05, 4.69) is 41.0 Å². The lowest BCUT2D eigenvalue weighted by Gasteiger charge is -2.36. The molecule has 5 rings (SSSR count). The highest BCUT2D eigenvalue weighted by Gasteiger charge is 2.17. The smallest absolute Gasteiger partial charge is 0.193 e. The Morgan fingerprint density at radius 1 is 0.882 bits per heavy atom. The maximum absolute atomic E-state index is 12.5. The molecule has 174 valence electrons. The SMILES string of the molecule is Cc1ccccc1N1CCN(CCCOc2ccc3c(=O)cc(-c4ccccc4)oc3c2)CC1. The minimum atomic E-state index is -0.0449. The van der Waals surface area contributed by atoms with Gasteiger partial charge in [-0.05, 0) is 37.1 Å². The minimum absolute atomic E-state index is 0.0449. The van der Waals surface area contributed by atoms with Crippen LogP contribution in [0.25, 0.3) is 22.3 Å². The predicted molar refractivity (Wildman–Crippen MR) is 138 cm³/mol. The molecule has 0 aliphatic carbocycles. The molecule has 1 aliphatic heterocycles. The zero-order chi connectivity index (χ0) is 23.3. The van der Waals surface area contributed by atoms with Gasteiger partial charge in [0.05, 0.1) is 12.0 Å². The van der Waals surface area contributed by atoms with Crippen LogP contribution in [0, 0.1) is 6.92 Å². The van der Waals surface area contributed by atoms with Gasteiger partial charge in [0.2, 0.25) is 0 Å². The average molecular weight is 455 g/mol. The van der Waals surface area contributed by atoms with Crippen LogP contribution in [0.4, 0.5) is 5.69 Å². The first kappa shape index (κ1) is 22.2. The molecular weight excluding hydrogens is 424 g/mol. The number of hydrogen-bond donors (Lipinski definition) is 0. The molecular formula is C29H30N2O3. The van der Waals surface area contributed by atoms with Crippen LogP contribution in [-0.2, 0) is 0 Å². The minimum Gasteiger partial charge on any atom is -0.493 e. The highest BCUT2D eigenvalue weighted by Crippen LogP contribution is 2.25. The Labute approximate surface area is 200 Å². The van der Waals surface area contributed by atoms with E-state index in [4.69, 9.17) is 9.15 Å². The molecule has 1 fully saturated rings. The van der Waals surface area contributed by atoms with Gasteiger partial charge in [-0.25, -0.2) is 0 Å². The Balaban J connectivity index is 1.14. The Hall–Kier alpha value is -3.57. The standard InChI is InChI=1S/C29H30N2O3/c1-22-8-5-6-11-26(22)31-17-15-30(16-18-31)14-7-19-33-24-12-13-25-27(32)21-28(34-29(25)20-24)23-9-3-2-4-10-23/h2-6,8-13,20-21H,7,14-19H2,1H3. The lowest BCUT2D eigenvalue weighted by Crippen LogP contribution is -2.47. The molecule has 34 heavy (non-hydrogen) atoms. The number of rotatable bonds is 7. The van der Waals surface area contributed by atoms with Gasteiger partial charge in [0.1, 0.15) is 17.1 Å². The van der Waals surface area contributed by atoms with Crippen molar-refractivity contribution < 1.29 is 9.15 Å². The third-order valence-electron chi connectivity index (χ3n) is 6.47. The summed E-state index contributed by atoms with van der Waals surface area (Å²) in [5, 5.41) is 0.568. The van der Waals surface area contributed by atoms with E-state index in [9.17, 15) is 4.79 Å². The summed E-state index contributed by atoms with van der Waals surface area (Å²) < 4.78 is 12.0. The molecule has 0 radical (unpaired) electrons. The van der Waals surface area contributed by atoms with E-state index in [0.29, 0.717) is 23.3 Å². The van der Waals surface area contributed by atoms with Gasteiger partial charge in [0, 0.05) is 56.1 Å². The molecule has 0 saturated carbocycles. The van der Waals surface area contributed by atoms with Gasteiger partial charge >= 0.3 is 0 Å². The summed E-state index contributed by atoms with van der Waals surface area (Å²) in [4.78, 5) is 17.5. The van der Waals surface area contributed by atoms with Crippen LogP contribution < -0.4 is 15.1 Å². The number of aryl methyl sites for hydroxylation is 1. The third kappa shape index (κ3) is 5.00. The van der Waals surface area contributed by atoms with Crippen molar-refractivity contribution in [1.29, 1.82) is 0 Å². The van der Waals surface area contributed by atoms with Gasteiger partial charge in [0.15, 0.2) is 5.43 Å². The van der Waals surface area contributed by atoms with Crippen molar-refractivity contribution >= 4 is 16.7 Å². The number of benzene rings is 3. The number of nitrogens with zero attached hydrogens (tertiary/aromatic N) is 2. The van der Waals surface area contributed by atoms with E-state index in [1.165, 1.54) is 11.3 Å². The molecule has 5 heteroatoms. The van der Waals surface area contributed by atoms with Crippen molar-refractivity contribution in [1.82, 2.24) is 4.90 Å². The van der Waals surface area contributed by atoms with Crippen LogP contribution in [0.15, 0.2) is 88.1 Å². The second-order valence-electron chi connectivity index (χ2n) is 8.82. The first-order valence-electron chi connectivity index (χ1n) is 12.0. The maximum atomic E-state index is 12.5. The lowest BCUT2D eigenvalue weighted by molar-refractivity contribution is 0.224. The molecule has 3 aromatic carbocycles. The molecule has 0 unspecified atom stereocenters. The summed E-state index contributed by atoms with van der Waals surface area (Å²) in [6.45, 7) is 8.07. The normalized spacial score (nSPS) is 14.4. The molecule has 1 saturated heterocycles. The van der Waals surface area contributed by atoms with E-state index in [1.54, 1.807) is 12.1 Å². The first-order valence-corrected chi connectivity index (χ1v) is 12.0. The van der Waals surface area contributed by atoms with Crippen molar-refractivity contribution in [3.63, 3.8) is 0 Å². The summed E-state index contributed by atoms with van der Waals surface area (Å²) in [5.41, 5.74) is 4.08. The highest BCUT2D eigenvalue weighted by atomic mass is 16.5. The maximum Gasteiger partial charge on any atom is 0.193 e. The predicted octanol–water partition coefficient (Wildman–Crippen LogP) is 5.36. The van der Waals surface area contributed by atoms with Crippen LogP contribution in [0.5, 0.6) is 5.75 Å². The van der Waals surface area contributed by atoms with Crippen LogP contribution >= 0.6 is 0 Å². The third-order valence-corrected chi connectivity index (χ3v) is 6.47. The fourth-order valence-electron chi connectivity index (χ4n) is 4.58. The van der Waals surface area contributed by atoms with Gasteiger partial charge in [-0.3, -0.25) is 9.69 Å². The van der Waals surface area contributed by atoms with Crippen molar-refractivity contribution in [2.75, 3.05) is 44.2 Å². The molecule has 2 heterocycles. The summed E-state index contributed by atoms with van der Waals surface area (Å²) in [7, 11) is 0. The number of anilines is 1. The van der Waals surface area contributed by atoms with E-state index < -0.39 is 0 Å². The van der Waals surface area contributed by atoms with Crippen molar-refractivity contribution in [2.24, 2.45) is 0 Å². The number of ether oxygens (including phenoxy) is 1. The topological polar surface area (TPSA) is 45.9 Å². The Kier molecular flexibility index (Phi) is 6.63. The summed E-state index contributed by atoms with van der Waals surface area (Å²) >= 11 is 0. The number of para-hydroxylation sites is 1. The van der Waals surface area contributed by atoms with Gasteiger partial charge in [-0.2, -0.15) is 0 Å². The van der Waals surface area contributed by atoms with Crippen LogP contribution in [0.3, 0.4) is 0 Å². The van der Waals surface area contributed by atoms with E-state index in [-0.39, 0.29) is 5.43 Å². The van der Waals surface area contributed by atoms with E-state index >= 15 is 0 Å². The molecule has 0 atom stereocenters. The van der Waals surface area contributed by atoms with Crippen molar-refractivity contribution in [3.05, 3.63) is 94.6 Å². The quantitative estimate of drug-likeness (QED) is 0.352. The highest BCUT2D eigenvalue weighted by molar-refractivity contribution is 5.80. The van der Waals surface area contributed by atoms with Crippen LogP contribution in [-0.4, -0.2) is 44.2 Å². The molecule has 1 aromatic heterocycles. The lowest BCUT2D eigenvalue weighted by atomic mass is 10.1. The van der Waals surface area contributed by atoms with Crippen LogP contribution in [0.1, 0.15) is 12.0 Å². The molecule has 5 nitrogen and oxygen atoms in total. The Morgan fingerprint density at radius 2 is 1.65 bits per heavy atom. The largest absolute Gasteiger partial charge is 0.493 e. The zero-order valence-electron chi connectivity index (χ0n) is 19.6. The van der Waals surface area contributed by atoms with Gasteiger partial charge in [0.25, 0.3) is 0 Å². The zero-order valence-corrected chi connectivity index (χ0v) is 19.6. The van der Waals surface area contributed by atoms with Crippen molar-refractivity contribution in [3.8, 4) is 17.1 Å². The second kappa shape index (κ2) is 10.1. The number of fused-ring (bicyclic) bond motifs is 1. The summed E-state index contributed by atoms with van der Waals surface area (Å²) in [6.07, 6.45) is 0.955. The second-order valence-corrected chi connectivity index (χ2v) is 8.82. The molecule has 0 bridgehead atoms. The number of piperazine rings is 1. The van der Waals surface area contributed by atoms with Gasteiger partial charge in [-0.1, -0.05) is 48.5 Å². The fraction of sp³-hybridized carbons (Fsp3) is 0.276. The molecule has 4 aromatic rings. The first-order chi connectivity index (χ1) is 16.7. The summed E-state index contributed by atoms with van der Waals surface area (Å²) in [5.74, 6) is 1.30. The van der Waals surface area contributed by atoms with Crippen molar-refractivity contribution in [2.45, 2.75) is 13.3 Å².